The molecule has 1 heterocycles. The molecule has 1 rings (SSSR count). The molecule has 0 amide bonds. The molecule has 2 N–H and O–H groups in total. The van der Waals surface area contributed by atoms with E-state index >= 15 is 0 Å². The molecule has 0 bridgehead atoms. The predicted molar refractivity (Wildman–Crippen MR) is 61.8 cm³/mol. The normalized spacial score (nSPS) is 32.8. The van der Waals surface area contributed by atoms with Crippen molar-refractivity contribution >= 4 is 23.5 Å². The number of rotatable bonds is 5. The molecule has 1 aliphatic rings. The lowest BCUT2D eigenvalue weighted by Gasteiger charge is -2.23. The molecule has 0 aromatic rings. The third kappa shape index (κ3) is 3.03. The zero-order valence-corrected chi connectivity index (χ0v) is 10.2. The van der Waals surface area contributed by atoms with Gasteiger partial charge in [-0.25, -0.2) is 0 Å². The first-order chi connectivity index (χ1) is 6.70. The maximum atomic E-state index is 9.68. The molecule has 0 unspecified atom stereocenters. The largest absolute Gasteiger partial charge is 0.388 e. The summed E-state index contributed by atoms with van der Waals surface area (Å²) in [5.74, 6) is 2.00. The zero-order chi connectivity index (χ0) is 10.6. The van der Waals surface area contributed by atoms with Crippen molar-refractivity contribution in [2.24, 2.45) is 0 Å². The van der Waals surface area contributed by atoms with Crippen LogP contribution in [0.1, 0.15) is 13.8 Å². The maximum Gasteiger partial charge on any atom is 0.110 e. The summed E-state index contributed by atoms with van der Waals surface area (Å²) < 4.78 is 5.64. The van der Waals surface area contributed by atoms with Gasteiger partial charge in [0.2, 0.25) is 0 Å². The molecule has 1 aliphatic heterocycles. The Morgan fingerprint density at radius 1 is 1.29 bits per heavy atom. The number of aliphatic hydroxyl groups is 2. The van der Waals surface area contributed by atoms with Crippen molar-refractivity contribution in [3.8, 4) is 0 Å². The van der Waals surface area contributed by atoms with Crippen LogP contribution < -0.4 is 0 Å². The van der Waals surface area contributed by atoms with Crippen LogP contribution in [0.4, 0.5) is 0 Å². The Balaban J connectivity index is 2.50. The first-order valence-electron chi connectivity index (χ1n) is 4.91. The minimum absolute atomic E-state index is 0.222. The SMILES string of the molecule is CCSC(SCC)[C@@H]1OC[C@@H](O)[C@@H]1O. The van der Waals surface area contributed by atoms with Gasteiger partial charge in [0.1, 0.15) is 18.3 Å². The number of hydrogen-bond donors (Lipinski definition) is 2. The lowest BCUT2D eigenvalue weighted by atomic mass is 10.2. The van der Waals surface area contributed by atoms with E-state index in [2.05, 4.69) is 13.8 Å². The van der Waals surface area contributed by atoms with Gasteiger partial charge in [0.05, 0.1) is 11.2 Å². The fraction of sp³-hybridized carbons (Fsp3) is 1.00. The predicted octanol–water partition coefficient (Wildman–Crippen LogP) is 0.939. The monoisotopic (exact) mass is 238 g/mol. The van der Waals surface area contributed by atoms with Crippen molar-refractivity contribution in [3.05, 3.63) is 0 Å². The van der Waals surface area contributed by atoms with Crippen LogP contribution in [-0.4, -0.2) is 51.2 Å². The molecular formula is C9H18O3S2. The van der Waals surface area contributed by atoms with E-state index in [1.165, 1.54) is 0 Å². The number of hydrogen-bond acceptors (Lipinski definition) is 5. The standard InChI is InChI=1S/C9H18O3S2/c1-3-13-9(14-4-2)8-7(11)6(10)5-12-8/h6-11H,3-5H2,1-2H3/t6-,7+,8-/m1/s1. The summed E-state index contributed by atoms with van der Waals surface area (Å²) in [5.41, 5.74) is 0. The second-order valence-corrected chi connectivity index (χ2v) is 6.27. The van der Waals surface area contributed by atoms with Crippen molar-refractivity contribution in [1.29, 1.82) is 0 Å². The Labute approximate surface area is 93.6 Å². The quantitative estimate of drug-likeness (QED) is 0.698. The van der Waals surface area contributed by atoms with Gasteiger partial charge >= 0.3 is 0 Å². The lowest BCUT2D eigenvalue weighted by molar-refractivity contribution is 0.0308. The Morgan fingerprint density at radius 3 is 2.21 bits per heavy atom. The van der Waals surface area contributed by atoms with Crippen LogP contribution in [0.2, 0.25) is 0 Å². The first-order valence-corrected chi connectivity index (χ1v) is 7.01. The topological polar surface area (TPSA) is 49.7 Å². The summed E-state index contributed by atoms with van der Waals surface area (Å²) in [7, 11) is 0. The Kier molecular flexibility index (Phi) is 5.62. The Hall–Kier alpha value is 0.580. The van der Waals surface area contributed by atoms with E-state index in [1.807, 2.05) is 0 Å². The summed E-state index contributed by atoms with van der Waals surface area (Å²) in [6, 6.07) is 0. The van der Waals surface area contributed by atoms with Crippen LogP contribution in [-0.2, 0) is 4.74 Å². The zero-order valence-electron chi connectivity index (χ0n) is 8.55. The summed E-state index contributed by atoms with van der Waals surface area (Å²) in [6.07, 6.45) is -1.66. The van der Waals surface area contributed by atoms with Gasteiger partial charge in [0.25, 0.3) is 0 Å². The lowest BCUT2D eigenvalue weighted by Crippen LogP contribution is -2.35. The van der Waals surface area contributed by atoms with Crippen LogP contribution >= 0.6 is 23.5 Å². The van der Waals surface area contributed by atoms with Gasteiger partial charge in [-0.15, -0.1) is 23.5 Å². The van der Waals surface area contributed by atoms with E-state index < -0.39 is 12.2 Å². The highest BCUT2D eigenvalue weighted by atomic mass is 32.2. The smallest absolute Gasteiger partial charge is 0.110 e. The van der Waals surface area contributed by atoms with Crippen LogP contribution in [0.25, 0.3) is 0 Å². The minimum Gasteiger partial charge on any atom is -0.388 e. The minimum atomic E-state index is -0.724. The first kappa shape index (κ1) is 12.6. The van der Waals surface area contributed by atoms with Gasteiger partial charge in [-0.2, -0.15) is 0 Å². The third-order valence-corrected chi connectivity index (χ3v) is 4.80. The fourth-order valence-corrected chi connectivity index (χ4v) is 4.15. The third-order valence-electron chi connectivity index (χ3n) is 2.12. The molecule has 1 fully saturated rings. The van der Waals surface area contributed by atoms with Crippen molar-refractivity contribution in [2.45, 2.75) is 36.7 Å². The molecule has 0 aromatic carbocycles. The molecule has 1 saturated heterocycles. The Morgan fingerprint density at radius 2 is 1.86 bits per heavy atom. The molecule has 0 radical (unpaired) electrons. The van der Waals surface area contributed by atoms with E-state index in [9.17, 15) is 10.2 Å². The van der Waals surface area contributed by atoms with E-state index in [0.717, 1.165) is 11.5 Å². The van der Waals surface area contributed by atoms with E-state index in [0.29, 0.717) is 0 Å². The summed E-state index contributed by atoms with van der Waals surface area (Å²) in [5, 5.41) is 19.0. The van der Waals surface area contributed by atoms with Crippen LogP contribution in [0.15, 0.2) is 0 Å². The van der Waals surface area contributed by atoms with Crippen LogP contribution in [0.3, 0.4) is 0 Å². The van der Waals surface area contributed by atoms with Gasteiger partial charge in [-0.05, 0) is 11.5 Å². The van der Waals surface area contributed by atoms with Gasteiger partial charge in [0, 0.05) is 0 Å². The molecule has 5 heteroatoms. The molecule has 0 saturated carbocycles. The van der Waals surface area contributed by atoms with Gasteiger partial charge in [-0.1, -0.05) is 13.8 Å². The van der Waals surface area contributed by atoms with Gasteiger partial charge < -0.3 is 14.9 Å². The number of thioether (sulfide) groups is 2. The number of aliphatic hydroxyl groups excluding tert-OH is 2. The highest BCUT2D eigenvalue weighted by Gasteiger charge is 2.39. The molecular weight excluding hydrogens is 220 g/mol. The van der Waals surface area contributed by atoms with Crippen LogP contribution in [0, 0.1) is 0 Å². The van der Waals surface area contributed by atoms with Gasteiger partial charge in [-0.3, -0.25) is 0 Å². The Bertz CT molecular complexity index is 162. The molecule has 3 atom stereocenters. The van der Waals surface area contributed by atoms with Crippen molar-refractivity contribution in [2.75, 3.05) is 18.1 Å². The van der Waals surface area contributed by atoms with Crippen molar-refractivity contribution in [1.82, 2.24) is 0 Å². The molecule has 3 nitrogen and oxygen atoms in total. The second-order valence-electron chi connectivity index (χ2n) is 3.13. The summed E-state index contributed by atoms with van der Waals surface area (Å²) >= 11 is 3.54. The average Bonchev–Trinajstić information content (AvgIpc) is 2.48. The average molecular weight is 238 g/mol. The molecule has 0 spiro atoms. The van der Waals surface area contributed by atoms with E-state index in [4.69, 9.17) is 4.74 Å². The van der Waals surface area contributed by atoms with E-state index in [1.54, 1.807) is 23.5 Å². The second kappa shape index (κ2) is 6.23. The highest BCUT2D eigenvalue weighted by Crippen LogP contribution is 2.33. The molecule has 0 aromatic heterocycles. The highest BCUT2D eigenvalue weighted by molar-refractivity contribution is 8.17. The summed E-state index contributed by atoms with van der Waals surface area (Å²) in [6.45, 7) is 4.44. The van der Waals surface area contributed by atoms with Crippen LogP contribution in [0.5, 0.6) is 0 Å². The summed E-state index contributed by atoms with van der Waals surface area (Å²) in [4.78, 5) is 0. The van der Waals surface area contributed by atoms with Gasteiger partial charge in [0.15, 0.2) is 0 Å². The molecule has 0 aliphatic carbocycles. The maximum absolute atomic E-state index is 9.68. The fourth-order valence-electron chi connectivity index (χ4n) is 1.43. The molecule has 84 valence electrons. The van der Waals surface area contributed by atoms with Crippen molar-refractivity contribution < 1.29 is 14.9 Å². The van der Waals surface area contributed by atoms with Crippen molar-refractivity contribution in [3.63, 3.8) is 0 Å². The molecule has 14 heavy (non-hydrogen) atoms. The van der Waals surface area contributed by atoms with E-state index in [-0.39, 0.29) is 17.3 Å². The number of ether oxygens (including phenoxy) is 1.